The summed E-state index contributed by atoms with van der Waals surface area (Å²) < 4.78 is 1.82. The van der Waals surface area contributed by atoms with Crippen LogP contribution in [0.1, 0.15) is 46.7 Å². The fraction of sp³-hybridized carbons (Fsp3) is 0.219. The number of anilines is 3. The largest absolute Gasteiger partial charge is 0.393 e. The van der Waals surface area contributed by atoms with Gasteiger partial charge in [-0.15, -0.1) is 11.3 Å². The van der Waals surface area contributed by atoms with E-state index in [9.17, 15) is 14.7 Å². The van der Waals surface area contributed by atoms with E-state index >= 15 is 0 Å². The number of aromatic nitrogens is 2. The van der Waals surface area contributed by atoms with E-state index in [2.05, 4.69) is 20.6 Å². The maximum absolute atomic E-state index is 12.8. The topological polar surface area (TPSA) is 99.5 Å². The summed E-state index contributed by atoms with van der Waals surface area (Å²) in [5.41, 5.74) is 4.80. The highest BCUT2D eigenvalue weighted by Crippen LogP contribution is 2.25. The molecule has 0 spiro atoms. The van der Waals surface area contributed by atoms with E-state index in [0.717, 1.165) is 48.2 Å². The van der Waals surface area contributed by atoms with Gasteiger partial charge in [-0.2, -0.15) is 5.10 Å². The molecule has 1 saturated heterocycles. The number of aliphatic hydroxyl groups excluding tert-OH is 1. The number of aliphatic hydroxyl groups is 1. The Morgan fingerprint density at radius 1 is 0.854 bits per heavy atom. The van der Waals surface area contributed by atoms with Gasteiger partial charge >= 0.3 is 0 Å². The maximum atomic E-state index is 12.8. The van der Waals surface area contributed by atoms with Gasteiger partial charge in [0, 0.05) is 41.1 Å². The number of carbonyl (C=O) groups is 2. The molecular formula is C32H33N5O3S. The number of carbonyl (C=O) groups excluding carboxylic acids is 2. The fourth-order valence-electron chi connectivity index (χ4n) is 4.75. The summed E-state index contributed by atoms with van der Waals surface area (Å²) in [4.78, 5) is 28.1. The number of hydrogen-bond acceptors (Lipinski definition) is 6. The Kier molecular flexibility index (Phi) is 8.76. The normalized spacial score (nSPS) is 13.4. The van der Waals surface area contributed by atoms with Crippen LogP contribution >= 0.6 is 11.3 Å². The molecule has 8 nitrogen and oxygen atoms in total. The zero-order chi connectivity index (χ0) is 28.8. The number of piperidine rings is 1. The van der Waals surface area contributed by atoms with Gasteiger partial charge in [-0.3, -0.25) is 9.59 Å². The third-order valence-corrected chi connectivity index (χ3v) is 7.77. The molecule has 0 saturated carbocycles. The summed E-state index contributed by atoms with van der Waals surface area (Å²) >= 11 is 1.40. The minimum atomic E-state index is -0.214. The van der Waals surface area contributed by atoms with Crippen LogP contribution in [0.2, 0.25) is 0 Å². The van der Waals surface area contributed by atoms with Crippen LogP contribution in [-0.2, 0) is 0 Å². The number of nitrogens with zero attached hydrogens (tertiary/aromatic N) is 3. The first kappa shape index (κ1) is 28.1. The molecule has 1 fully saturated rings. The van der Waals surface area contributed by atoms with Crippen LogP contribution in [0.5, 0.6) is 0 Å². The Bertz CT molecular complexity index is 1600. The Balaban J connectivity index is 0.00000165. The van der Waals surface area contributed by atoms with Gasteiger partial charge in [-0.05, 0) is 91.0 Å². The molecule has 0 atom stereocenters. The van der Waals surface area contributed by atoms with E-state index in [4.69, 9.17) is 0 Å². The number of benzene rings is 3. The second-order valence-electron chi connectivity index (χ2n) is 9.53. The fourth-order valence-corrected chi connectivity index (χ4v) is 5.37. The quantitative estimate of drug-likeness (QED) is 0.215. The highest BCUT2D eigenvalue weighted by molar-refractivity contribution is 7.12. The molecule has 210 valence electrons. The smallest absolute Gasteiger partial charge is 0.265 e. The molecule has 3 heterocycles. The minimum absolute atomic E-state index is 0.131. The lowest BCUT2D eigenvalue weighted by Gasteiger charge is -2.31. The van der Waals surface area contributed by atoms with E-state index in [0.29, 0.717) is 21.8 Å². The third-order valence-electron chi connectivity index (χ3n) is 6.90. The number of nitrogens with one attached hydrogen (secondary N) is 2. The van der Waals surface area contributed by atoms with Gasteiger partial charge in [-0.25, -0.2) is 4.68 Å². The minimum Gasteiger partial charge on any atom is -0.393 e. The van der Waals surface area contributed by atoms with Crippen LogP contribution in [0.25, 0.3) is 16.6 Å². The van der Waals surface area contributed by atoms with Crippen molar-refractivity contribution < 1.29 is 14.7 Å². The van der Waals surface area contributed by atoms with Crippen LogP contribution in [0.15, 0.2) is 90.4 Å². The highest BCUT2D eigenvalue weighted by Gasteiger charge is 2.17. The molecule has 0 unspecified atom stereocenters. The lowest BCUT2D eigenvalue weighted by molar-refractivity contribution is 0.102. The molecule has 41 heavy (non-hydrogen) atoms. The summed E-state index contributed by atoms with van der Waals surface area (Å²) in [7, 11) is 0. The van der Waals surface area contributed by atoms with Gasteiger partial charge < -0.3 is 20.6 Å². The molecule has 5 aromatic rings. The van der Waals surface area contributed by atoms with E-state index in [1.165, 1.54) is 11.3 Å². The molecule has 3 aromatic carbocycles. The molecule has 9 heteroatoms. The molecule has 2 amide bonds. The second kappa shape index (κ2) is 12.8. The van der Waals surface area contributed by atoms with Gasteiger partial charge in [0.25, 0.3) is 11.8 Å². The third kappa shape index (κ3) is 6.48. The van der Waals surface area contributed by atoms with Crippen molar-refractivity contribution in [3.8, 4) is 5.69 Å². The molecule has 2 aromatic heterocycles. The zero-order valence-corrected chi connectivity index (χ0v) is 23.9. The van der Waals surface area contributed by atoms with Crippen molar-refractivity contribution in [2.75, 3.05) is 28.6 Å². The molecule has 1 aliphatic heterocycles. The van der Waals surface area contributed by atoms with Crippen molar-refractivity contribution in [3.63, 3.8) is 0 Å². The van der Waals surface area contributed by atoms with Crippen molar-refractivity contribution in [2.24, 2.45) is 0 Å². The van der Waals surface area contributed by atoms with Crippen molar-refractivity contribution in [1.82, 2.24) is 9.78 Å². The van der Waals surface area contributed by atoms with E-state index in [1.807, 2.05) is 96.7 Å². The van der Waals surface area contributed by atoms with Gasteiger partial charge in [-0.1, -0.05) is 19.9 Å². The summed E-state index contributed by atoms with van der Waals surface area (Å²) in [5.74, 6) is -0.307. The van der Waals surface area contributed by atoms with Crippen LogP contribution in [-0.4, -0.2) is 45.9 Å². The standard InChI is InChI=1S/C30H27N5O3S.C2H6/c36-26-13-15-34(16-14-26)24-8-3-20(4-9-24)29(37)32-22-5-10-25(11-6-22)35-27-12-7-23(18-21(27)19-31-35)33-30(38)28-2-1-17-39-28;1-2/h1-12,17-19,26,36H,13-16H2,(H,32,37)(H,33,38);1-2H3. The molecule has 3 N–H and O–H groups in total. The van der Waals surface area contributed by atoms with Gasteiger partial charge in [0.05, 0.1) is 28.4 Å². The van der Waals surface area contributed by atoms with E-state index in [1.54, 1.807) is 12.3 Å². The Hall–Kier alpha value is -4.47. The lowest BCUT2D eigenvalue weighted by atomic mass is 10.1. The number of hydrogen-bond donors (Lipinski definition) is 3. The van der Waals surface area contributed by atoms with E-state index < -0.39 is 0 Å². The zero-order valence-electron chi connectivity index (χ0n) is 23.1. The predicted molar refractivity (Wildman–Crippen MR) is 167 cm³/mol. The highest BCUT2D eigenvalue weighted by atomic mass is 32.1. The first-order valence-electron chi connectivity index (χ1n) is 13.8. The first-order chi connectivity index (χ1) is 20.0. The molecule has 1 aliphatic rings. The molecule has 6 rings (SSSR count). The molecule has 0 aliphatic carbocycles. The van der Waals surface area contributed by atoms with Crippen molar-refractivity contribution in [1.29, 1.82) is 0 Å². The molecule has 0 bridgehead atoms. The summed E-state index contributed by atoms with van der Waals surface area (Å²) in [5, 5.41) is 22.9. The van der Waals surface area contributed by atoms with Crippen molar-refractivity contribution >= 4 is 51.1 Å². The predicted octanol–water partition coefficient (Wildman–Crippen LogP) is 6.58. The number of thiophene rings is 1. The van der Waals surface area contributed by atoms with E-state index in [-0.39, 0.29) is 17.9 Å². The Labute approximate surface area is 243 Å². The van der Waals surface area contributed by atoms with Crippen LogP contribution < -0.4 is 15.5 Å². The number of fused-ring (bicyclic) bond motifs is 1. The van der Waals surface area contributed by atoms with Gasteiger partial charge in [0.1, 0.15) is 0 Å². The molecular weight excluding hydrogens is 534 g/mol. The monoisotopic (exact) mass is 567 g/mol. The SMILES string of the molecule is CC.O=C(Nc1ccc(-n2ncc3cc(NC(=O)c4cccs4)ccc32)cc1)c1ccc(N2CCC(O)CC2)cc1. The summed E-state index contributed by atoms with van der Waals surface area (Å²) in [6, 6.07) is 24.4. The average Bonchev–Trinajstić information content (AvgIpc) is 3.70. The second-order valence-corrected chi connectivity index (χ2v) is 10.5. The lowest BCUT2D eigenvalue weighted by Crippen LogP contribution is -2.35. The van der Waals surface area contributed by atoms with Gasteiger partial charge in [0.15, 0.2) is 0 Å². The maximum Gasteiger partial charge on any atom is 0.265 e. The first-order valence-corrected chi connectivity index (χ1v) is 14.7. The van der Waals surface area contributed by atoms with Gasteiger partial charge in [0.2, 0.25) is 0 Å². The summed E-state index contributed by atoms with van der Waals surface area (Å²) in [6.45, 7) is 5.63. The van der Waals surface area contributed by atoms with Crippen LogP contribution in [0.3, 0.4) is 0 Å². The Morgan fingerprint density at radius 2 is 1.51 bits per heavy atom. The van der Waals surface area contributed by atoms with Crippen molar-refractivity contribution in [3.05, 3.63) is 101 Å². The van der Waals surface area contributed by atoms with Crippen LogP contribution in [0, 0.1) is 0 Å². The number of rotatable bonds is 6. The number of amides is 2. The average molecular weight is 568 g/mol. The Morgan fingerprint density at radius 3 is 2.20 bits per heavy atom. The summed E-state index contributed by atoms with van der Waals surface area (Å²) in [6.07, 6.45) is 3.08. The van der Waals surface area contributed by atoms with Crippen LogP contribution in [0.4, 0.5) is 17.1 Å². The molecule has 0 radical (unpaired) electrons. The van der Waals surface area contributed by atoms with Crippen molar-refractivity contribution in [2.45, 2.75) is 32.8 Å².